The fourth-order valence-electron chi connectivity index (χ4n) is 6.36. The molecule has 2 N–H and O–H groups in total. The van der Waals surface area contributed by atoms with Crippen LogP contribution < -0.4 is 4.74 Å². The highest BCUT2D eigenvalue weighted by atomic mass is 19.1. The molecule has 9 heteroatoms. The molecular formula is C35H34F2N6O. The third-order valence-corrected chi connectivity index (χ3v) is 9.14. The Morgan fingerprint density at radius 3 is 2.59 bits per heavy atom. The molecule has 7 rings (SSSR count). The van der Waals surface area contributed by atoms with Gasteiger partial charge in [0.2, 0.25) is 0 Å². The number of nitrogens with one attached hydrogen (secondary N) is 2. The molecule has 6 bridgehead atoms. The summed E-state index contributed by atoms with van der Waals surface area (Å²) in [6.07, 6.45) is 9.23. The summed E-state index contributed by atoms with van der Waals surface area (Å²) in [4.78, 5) is 11.1. The Morgan fingerprint density at radius 1 is 0.932 bits per heavy atom. The maximum atomic E-state index is 15.7. The monoisotopic (exact) mass is 592 g/mol. The van der Waals surface area contributed by atoms with Gasteiger partial charge >= 0.3 is 0 Å². The number of ether oxygens (including phenoxy) is 1. The number of H-pyrrole nitrogens is 2. The van der Waals surface area contributed by atoms with E-state index in [-0.39, 0.29) is 28.7 Å². The van der Waals surface area contributed by atoms with Gasteiger partial charge in [0.1, 0.15) is 17.4 Å². The number of hydrogen-bond donors (Lipinski definition) is 2. The fourth-order valence-corrected chi connectivity index (χ4v) is 6.36. The summed E-state index contributed by atoms with van der Waals surface area (Å²) in [5.74, 6) is -0.254. The fraction of sp³-hybridized carbons (Fsp3) is 0.286. The van der Waals surface area contributed by atoms with Gasteiger partial charge in [-0.1, -0.05) is 62.2 Å². The van der Waals surface area contributed by atoms with Crippen LogP contribution in [0.1, 0.15) is 69.0 Å². The molecular weight excluding hydrogens is 558 g/mol. The lowest BCUT2D eigenvalue weighted by molar-refractivity contribution is 0.407. The molecule has 7 nitrogen and oxygen atoms in total. The zero-order chi connectivity index (χ0) is 30.5. The Balaban J connectivity index is 1.37. The van der Waals surface area contributed by atoms with Crippen molar-refractivity contribution in [2.75, 3.05) is 0 Å². The zero-order valence-corrected chi connectivity index (χ0v) is 25.0. The molecule has 0 saturated heterocycles. The minimum atomic E-state index is -0.536. The van der Waals surface area contributed by atoms with Gasteiger partial charge in [-0.05, 0) is 49.6 Å². The van der Waals surface area contributed by atoms with Gasteiger partial charge in [-0.25, -0.2) is 18.4 Å². The molecule has 0 spiro atoms. The van der Waals surface area contributed by atoms with Crippen molar-refractivity contribution in [2.24, 2.45) is 0 Å². The maximum absolute atomic E-state index is 15.7. The molecule has 3 aromatic carbocycles. The van der Waals surface area contributed by atoms with Gasteiger partial charge in [0.05, 0.1) is 17.8 Å². The molecule has 3 aromatic heterocycles. The van der Waals surface area contributed by atoms with Gasteiger partial charge in [0.25, 0.3) is 0 Å². The summed E-state index contributed by atoms with van der Waals surface area (Å²) < 4.78 is 38.9. The lowest BCUT2D eigenvalue weighted by atomic mass is 9.75. The average molecular weight is 593 g/mol. The van der Waals surface area contributed by atoms with Crippen LogP contribution in [0, 0.1) is 11.6 Å². The summed E-state index contributed by atoms with van der Waals surface area (Å²) in [6, 6.07) is 18.0. The van der Waals surface area contributed by atoms with E-state index in [1.54, 1.807) is 23.1 Å². The molecule has 0 radical (unpaired) electrons. The lowest BCUT2D eigenvalue weighted by Gasteiger charge is -2.30. The SMILES string of the molecule is CC1(C)CCCCC(C)(c2ccccc2)c2cnc([nH]2)-c2cc(ccc2F)Oc2c(F)cc3[nH]ccc3c2Cn2cc1nn2. The second kappa shape index (κ2) is 10.7. The summed E-state index contributed by atoms with van der Waals surface area (Å²) in [5.41, 5.74) is 3.84. The summed E-state index contributed by atoms with van der Waals surface area (Å²) in [7, 11) is 0. The van der Waals surface area contributed by atoms with E-state index in [2.05, 4.69) is 58.2 Å². The van der Waals surface area contributed by atoms with Crippen LogP contribution in [0.3, 0.4) is 0 Å². The van der Waals surface area contributed by atoms with Crippen LogP contribution in [0.25, 0.3) is 22.3 Å². The van der Waals surface area contributed by atoms with E-state index in [4.69, 9.17) is 4.74 Å². The number of halogens is 2. The minimum Gasteiger partial charge on any atom is -0.454 e. The Hall–Kier alpha value is -4.79. The van der Waals surface area contributed by atoms with Gasteiger partial charge in [-0.2, -0.15) is 0 Å². The number of hydrogen-bond acceptors (Lipinski definition) is 4. The quantitative estimate of drug-likeness (QED) is 0.201. The van der Waals surface area contributed by atoms with Crippen molar-refractivity contribution < 1.29 is 13.5 Å². The van der Waals surface area contributed by atoms with E-state index >= 15 is 8.78 Å². The molecule has 4 heterocycles. The highest BCUT2D eigenvalue weighted by molar-refractivity contribution is 5.85. The molecule has 1 unspecified atom stereocenters. The molecule has 1 atom stereocenters. The number of aromatic nitrogens is 6. The van der Waals surface area contributed by atoms with Crippen LogP contribution in [0.4, 0.5) is 8.78 Å². The predicted molar refractivity (Wildman–Crippen MR) is 166 cm³/mol. The first-order valence-corrected chi connectivity index (χ1v) is 15.0. The van der Waals surface area contributed by atoms with E-state index in [9.17, 15) is 0 Å². The normalized spacial score (nSPS) is 18.6. The van der Waals surface area contributed by atoms with E-state index in [0.29, 0.717) is 22.7 Å². The van der Waals surface area contributed by atoms with Crippen LogP contribution in [-0.4, -0.2) is 29.9 Å². The van der Waals surface area contributed by atoms with Crippen LogP contribution in [0.15, 0.2) is 79.3 Å². The third kappa shape index (κ3) is 4.96. The highest BCUT2D eigenvalue weighted by Gasteiger charge is 2.32. The van der Waals surface area contributed by atoms with Crippen LogP contribution >= 0.6 is 0 Å². The predicted octanol–water partition coefficient (Wildman–Crippen LogP) is 8.43. The number of rotatable bonds is 1. The molecule has 0 fully saturated rings. The summed E-state index contributed by atoms with van der Waals surface area (Å²) >= 11 is 0. The first-order valence-electron chi connectivity index (χ1n) is 15.0. The van der Waals surface area contributed by atoms with Gasteiger partial charge in [-0.15, -0.1) is 5.10 Å². The molecule has 1 aliphatic rings. The van der Waals surface area contributed by atoms with E-state index in [1.807, 2.05) is 30.5 Å². The van der Waals surface area contributed by atoms with Crippen molar-refractivity contribution in [3.8, 4) is 22.9 Å². The van der Waals surface area contributed by atoms with Crippen molar-refractivity contribution in [3.05, 3.63) is 113 Å². The number of nitrogens with zero attached hydrogens (tertiary/aromatic N) is 4. The molecule has 44 heavy (non-hydrogen) atoms. The second-order valence-corrected chi connectivity index (χ2v) is 12.6. The Morgan fingerprint density at radius 2 is 1.75 bits per heavy atom. The number of benzene rings is 3. The number of fused-ring (bicyclic) bond motifs is 10. The second-order valence-electron chi connectivity index (χ2n) is 12.6. The Kier molecular flexibility index (Phi) is 6.83. The van der Waals surface area contributed by atoms with E-state index in [0.717, 1.165) is 48.0 Å². The largest absolute Gasteiger partial charge is 0.454 e. The Bertz CT molecular complexity index is 1960. The van der Waals surface area contributed by atoms with Crippen molar-refractivity contribution in [1.29, 1.82) is 0 Å². The van der Waals surface area contributed by atoms with Crippen molar-refractivity contribution in [1.82, 2.24) is 29.9 Å². The molecule has 1 aliphatic heterocycles. The molecule has 0 amide bonds. The summed E-state index contributed by atoms with van der Waals surface area (Å²) in [6.45, 7) is 6.82. The van der Waals surface area contributed by atoms with E-state index < -0.39 is 11.6 Å². The van der Waals surface area contributed by atoms with Gasteiger partial charge in [0.15, 0.2) is 11.6 Å². The lowest BCUT2D eigenvalue weighted by Crippen LogP contribution is -2.25. The van der Waals surface area contributed by atoms with Crippen molar-refractivity contribution in [3.63, 3.8) is 0 Å². The molecule has 0 aliphatic carbocycles. The molecule has 6 aromatic rings. The Labute approximate surface area is 254 Å². The van der Waals surface area contributed by atoms with Crippen LogP contribution in [-0.2, 0) is 17.4 Å². The van der Waals surface area contributed by atoms with Gasteiger partial charge in [-0.3, -0.25) is 0 Å². The van der Waals surface area contributed by atoms with E-state index in [1.165, 1.54) is 18.2 Å². The average Bonchev–Trinajstić information content (AvgIpc) is 3.80. The van der Waals surface area contributed by atoms with Crippen LogP contribution in [0.2, 0.25) is 0 Å². The smallest absolute Gasteiger partial charge is 0.168 e. The van der Waals surface area contributed by atoms with Crippen molar-refractivity contribution >= 4 is 10.9 Å². The number of imidazole rings is 1. The van der Waals surface area contributed by atoms with Crippen molar-refractivity contribution in [2.45, 2.75) is 63.8 Å². The van der Waals surface area contributed by atoms with Crippen LogP contribution in [0.5, 0.6) is 11.5 Å². The third-order valence-electron chi connectivity index (χ3n) is 9.14. The summed E-state index contributed by atoms with van der Waals surface area (Å²) in [5, 5.41) is 9.77. The topological polar surface area (TPSA) is 84.4 Å². The number of aromatic amines is 2. The first-order chi connectivity index (χ1) is 21.2. The molecule has 224 valence electrons. The maximum Gasteiger partial charge on any atom is 0.168 e. The zero-order valence-electron chi connectivity index (χ0n) is 25.0. The molecule has 0 saturated carbocycles. The van der Waals surface area contributed by atoms with Gasteiger partial charge in [0, 0.05) is 57.6 Å². The first kappa shape index (κ1) is 28.0. The standard InChI is InChI=1S/C35H34F2N6O/c1-34(2)14-7-8-15-35(3,22-9-5-4-6-10-22)30-19-39-33(40-30)25-17-23(11-12-27(25)36)44-32-26(20-43-21-31(34)41-42-43)24-13-16-38-29(24)18-28(32)37/h4-6,9-13,16-19,21,38H,7-8,14-15,20H2,1-3H3,(H,39,40). The highest BCUT2D eigenvalue weighted by Crippen LogP contribution is 2.40. The van der Waals surface area contributed by atoms with Gasteiger partial charge < -0.3 is 14.7 Å². The minimum absolute atomic E-state index is 0.0562.